The van der Waals surface area contributed by atoms with Crippen LogP contribution in [0.15, 0.2) is 0 Å². The summed E-state index contributed by atoms with van der Waals surface area (Å²) in [6.45, 7) is 4.64. The number of hydrogen-bond acceptors (Lipinski definition) is 1. The van der Waals surface area contributed by atoms with Crippen molar-refractivity contribution >= 4 is 0 Å². The van der Waals surface area contributed by atoms with Gasteiger partial charge in [0.15, 0.2) is 0 Å². The second-order valence-corrected chi connectivity index (χ2v) is 7.14. The SMILES string of the molecule is CCCCCCCCCCCCC1(N)CCC(C)C1. The fourth-order valence-corrected chi connectivity index (χ4v) is 3.62. The summed E-state index contributed by atoms with van der Waals surface area (Å²) < 4.78 is 0. The van der Waals surface area contributed by atoms with Gasteiger partial charge in [0, 0.05) is 5.54 Å². The third-order valence-electron chi connectivity index (χ3n) is 4.92. The molecule has 0 bridgehead atoms. The van der Waals surface area contributed by atoms with Crippen molar-refractivity contribution in [3.05, 3.63) is 0 Å². The second-order valence-electron chi connectivity index (χ2n) is 7.14. The zero-order chi connectivity index (χ0) is 14.0. The number of rotatable bonds is 11. The first-order valence-electron chi connectivity index (χ1n) is 8.95. The van der Waals surface area contributed by atoms with Gasteiger partial charge in [0.2, 0.25) is 0 Å². The lowest BCUT2D eigenvalue weighted by molar-refractivity contribution is 0.371. The van der Waals surface area contributed by atoms with Crippen LogP contribution in [0.25, 0.3) is 0 Å². The van der Waals surface area contributed by atoms with Gasteiger partial charge in [-0.05, 0) is 31.6 Å². The van der Waals surface area contributed by atoms with Gasteiger partial charge in [-0.3, -0.25) is 0 Å². The first kappa shape index (κ1) is 17.0. The maximum atomic E-state index is 6.46. The van der Waals surface area contributed by atoms with E-state index in [4.69, 9.17) is 5.73 Å². The fraction of sp³-hybridized carbons (Fsp3) is 1.00. The van der Waals surface area contributed by atoms with Crippen LogP contribution in [0.1, 0.15) is 104 Å². The molecule has 1 saturated carbocycles. The van der Waals surface area contributed by atoms with Crippen LogP contribution in [0.5, 0.6) is 0 Å². The lowest BCUT2D eigenvalue weighted by Crippen LogP contribution is -2.36. The van der Waals surface area contributed by atoms with Crippen LogP contribution in [0.2, 0.25) is 0 Å². The maximum absolute atomic E-state index is 6.46. The monoisotopic (exact) mass is 267 g/mol. The van der Waals surface area contributed by atoms with Gasteiger partial charge in [0.25, 0.3) is 0 Å². The lowest BCUT2D eigenvalue weighted by Gasteiger charge is -2.23. The molecule has 1 aliphatic rings. The van der Waals surface area contributed by atoms with Crippen LogP contribution in [0.3, 0.4) is 0 Å². The molecular formula is C18H37N. The Morgan fingerprint density at radius 2 is 1.42 bits per heavy atom. The molecule has 114 valence electrons. The van der Waals surface area contributed by atoms with E-state index < -0.39 is 0 Å². The predicted molar refractivity (Wildman–Crippen MR) is 86.4 cm³/mol. The minimum absolute atomic E-state index is 0.208. The highest BCUT2D eigenvalue weighted by Gasteiger charge is 2.32. The third-order valence-corrected chi connectivity index (χ3v) is 4.92. The second kappa shape index (κ2) is 9.80. The topological polar surface area (TPSA) is 26.0 Å². The first-order chi connectivity index (χ1) is 9.16. The minimum atomic E-state index is 0.208. The van der Waals surface area contributed by atoms with E-state index in [1.54, 1.807) is 0 Å². The van der Waals surface area contributed by atoms with Gasteiger partial charge >= 0.3 is 0 Å². The number of nitrogens with two attached hydrogens (primary N) is 1. The highest BCUT2D eigenvalue weighted by Crippen LogP contribution is 2.35. The van der Waals surface area contributed by atoms with E-state index in [-0.39, 0.29) is 5.54 Å². The van der Waals surface area contributed by atoms with Gasteiger partial charge in [0.1, 0.15) is 0 Å². The molecule has 0 aromatic heterocycles. The summed E-state index contributed by atoms with van der Waals surface area (Å²) >= 11 is 0. The van der Waals surface area contributed by atoms with E-state index in [9.17, 15) is 0 Å². The standard InChI is InChI=1S/C18H37N/c1-3-4-5-6-7-8-9-10-11-12-14-18(19)15-13-17(2)16-18/h17H,3-16,19H2,1-2H3. The first-order valence-corrected chi connectivity index (χ1v) is 8.95. The highest BCUT2D eigenvalue weighted by molar-refractivity contribution is 4.91. The Hall–Kier alpha value is -0.0400. The molecule has 19 heavy (non-hydrogen) atoms. The third kappa shape index (κ3) is 7.97. The summed E-state index contributed by atoms with van der Waals surface area (Å²) in [4.78, 5) is 0. The molecule has 0 aromatic carbocycles. The molecule has 0 amide bonds. The van der Waals surface area contributed by atoms with Crippen molar-refractivity contribution in [1.29, 1.82) is 0 Å². The van der Waals surface area contributed by atoms with Gasteiger partial charge < -0.3 is 5.73 Å². The quantitative estimate of drug-likeness (QED) is 0.469. The van der Waals surface area contributed by atoms with Crippen molar-refractivity contribution in [2.45, 2.75) is 109 Å². The normalized spacial score (nSPS) is 27.0. The molecule has 1 fully saturated rings. The average molecular weight is 268 g/mol. The number of hydrogen-bond donors (Lipinski definition) is 1. The van der Waals surface area contributed by atoms with E-state index in [0.717, 1.165) is 5.92 Å². The van der Waals surface area contributed by atoms with Crippen LogP contribution in [0.4, 0.5) is 0 Å². The number of unbranched alkanes of at least 4 members (excludes halogenated alkanes) is 9. The van der Waals surface area contributed by atoms with E-state index in [1.165, 1.54) is 89.9 Å². The van der Waals surface area contributed by atoms with E-state index in [2.05, 4.69) is 13.8 Å². The Labute approximate surface area is 121 Å². The van der Waals surface area contributed by atoms with Crippen molar-refractivity contribution in [2.24, 2.45) is 11.7 Å². The molecule has 2 unspecified atom stereocenters. The average Bonchev–Trinajstić information content (AvgIpc) is 2.72. The molecule has 0 heterocycles. The Balaban J connectivity index is 1.84. The Morgan fingerprint density at radius 3 is 1.89 bits per heavy atom. The van der Waals surface area contributed by atoms with Gasteiger partial charge in [-0.1, -0.05) is 78.1 Å². The van der Waals surface area contributed by atoms with Crippen molar-refractivity contribution in [3.8, 4) is 0 Å². The molecule has 1 heteroatoms. The van der Waals surface area contributed by atoms with Crippen LogP contribution in [-0.2, 0) is 0 Å². The molecule has 0 aliphatic heterocycles. The minimum Gasteiger partial charge on any atom is -0.325 e. The summed E-state index contributed by atoms with van der Waals surface area (Å²) in [5, 5.41) is 0. The van der Waals surface area contributed by atoms with Crippen molar-refractivity contribution in [2.75, 3.05) is 0 Å². The largest absolute Gasteiger partial charge is 0.325 e. The zero-order valence-electron chi connectivity index (χ0n) is 13.6. The lowest BCUT2D eigenvalue weighted by atomic mass is 9.90. The van der Waals surface area contributed by atoms with Gasteiger partial charge in [0.05, 0.1) is 0 Å². The summed E-state index contributed by atoms with van der Waals surface area (Å²) in [6, 6.07) is 0. The molecule has 0 aromatic rings. The maximum Gasteiger partial charge on any atom is 0.0157 e. The molecule has 0 radical (unpaired) electrons. The van der Waals surface area contributed by atoms with Crippen molar-refractivity contribution < 1.29 is 0 Å². The molecule has 2 N–H and O–H groups in total. The molecule has 1 aliphatic carbocycles. The van der Waals surface area contributed by atoms with Crippen molar-refractivity contribution in [3.63, 3.8) is 0 Å². The van der Waals surface area contributed by atoms with Crippen LogP contribution >= 0.6 is 0 Å². The Bertz CT molecular complexity index is 214. The van der Waals surface area contributed by atoms with E-state index >= 15 is 0 Å². The van der Waals surface area contributed by atoms with E-state index in [1.807, 2.05) is 0 Å². The van der Waals surface area contributed by atoms with Crippen LogP contribution in [0, 0.1) is 5.92 Å². The predicted octanol–water partition coefficient (Wildman–Crippen LogP) is 5.81. The molecule has 1 nitrogen and oxygen atoms in total. The fourth-order valence-electron chi connectivity index (χ4n) is 3.62. The summed E-state index contributed by atoms with van der Waals surface area (Å²) in [5.41, 5.74) is 6.67. The Kier molecular flexibility index (Phi) is 8.77. The van der Waals surface area contributed by atoms with Crippen molar-refractivity contribution in [1.82, 2.24) is 0 Å². The van der Waals surface area contributed by atoms with E-state index in [0.29, 0.717) is 0 Å². The molecule has 2 atom stereocenters. The smallest absolute Gasteiger partial charge is 0.0157 e. The van der Waals surface area contributed by atoms with Gasteiger partial charge in [-0.25, -0.2) is 0 Å². The summed E-state index contributed by atoms with van der Waals surface area (Å²) in [7, 11) is 0. The zero-order valence-corrected chi connectivity index (χ0v) is 13.6. The highest BCUT2D eigenvalue weighted by atomic mass is 14.8. The molecule has 0 spiro atoms. The molecule has 1 rings (SSSR count). The van der Waals surface area contributed by atoms with Crippen LogP contribution in [-0.4, -0.2) is 5.54 Å². The molecular weight excluding hydrogens is 230 g/mol. The van der Waals surface area contributed by atoms with Crippen LogP contribution < -0.4 is 5.73 Å². The Morgan fingerprint density at radius 1 is 0.895 bits per heavy atom. The van der Waals surface area contributed by atoms with Gasteiger partial charge in [-0.2, -0.15) is 0 Å². The summed E-state index contributed by atoms with van der Waals surface area (Å²) in [5.74, 6) is 0.869. The summed E-state index contributed by atoms with van der Waals surface area (Å²) in [6.07, 6.45) is 19.4. The van der Waals surface area contributed by atoms with Gasteiger partial charge in [-0.15, -0.1) is 0 Å². The molecule has 0 saturated heterocycles.